The fraction of sp³-hybridized carbons (Fsp3) is 0.188. The van der Waals surface area contributed by atoms with Crippen molar-refractivity contribution in [2.75, 3.05) is 13.4 Å². The number of carboxylic acid groups (broad SMARTS) is 1. The Morgan fingerprint density at radius 2 is 1.71 bits per heavy atom. The van der Waals surface area contributed by atoms with E-state index in [1.54, 1.807) is 11.8 Å². The van der Waals surface area contributed by atoms with Gasteiger partial charge in [-0.05, 0) is 61.2 Å². The van der Waals surface area contributed by atoms with Gasteiger partial charge in [-0.2, -0.15) is 0 Å². The van der Waals surface area contributed by atoms with Crippen LogP contribution in [-0.2, 0) is 16.3 Å². The Labute approximate surface area is 150 Å². The summed E-state index contributed by atoms with van der Waals surface area (Å²) in [4.78, 5) is 12.0. The van der Waals surface area contributed by atoms with Crippen molar-refractivity contribution in [2.24, 2.45) is 0 Å². The number of carbonyl (C=O) groups is 1. The van der Waals surface area contributed by atoms with E-state index in [-0.39, 0.29) is 5.56 Å². The van der Waals surface area contributed by atoms with E-state index in [0.717, 1.165) is 10.5 Å². The highest BCUT2D eigenvalue weighted by Gasteiger charge is 2.23. The largest absolute Gasteiger partial charge is 0.478 e. The van der Waals surface area contributed by atoms with Crippen LogP contribution < -0.4 is 9.05 Å². The molecule has 0 radical (unpaired) electrons. The topological polar surface area (TPSA) is 65.0 Å². The van der Waals surface area contributed by atoms with Crippen molar-refractivity contribution in [3.8, 4) is 11.5 Å². The number of hydrogen-bond donors (Lipinski definition) is 1. The molecule has 0 spiro atoms. The number of aromatic carboxylic acids is 1. The summed E-state index contributed by atoms with van der Waals surface area (Å²) in [5.41, 5.74) is 1.24. The van der Waals surface area contributed by atoms with Crippen LogP contribution in [0.4, 0.5) is 0 Å². The Balaban J connectivity index is 2.17. The number of aryl methyl sites for hydroxylation is 1. The number of rotatable bonds is 7. The highest BCUT2D eigenvalue weighted by Crippen LogP contribution is 2.49. The molecular formula is C16H17O5PS2. The second kappa shape index (κ2) is 8.03. The van der Waals surface area contributed by atoms with Gasteiger partial charge in [0.05, 0.1) is 5.56 Å². The molecule has 0 aromatic heterocycles. The van der Waals surface area contributed by atoms with E-state index in [9.17, 15) is 4.79 Å². The maximum atomic E-state index is 10.9. The molecule has 0 saturated carbocycles. The lowest BCUT2D eigenvalue weighted by molar-refractivity contribution is 0.0697. The van der Waals surface area contributed by atoms with Crippen LogP contribution in [0.2, 0.25) is 0 Å². The quantitative estimate of drug-likeness (QED) is 0.546. The van der Waals surface area contributed by atoms with E-state index in [4.69, 9.17) is 30.5 Å². The van der Waals surface area contributed by atoms with Crippen molar-refractivity contribution < 1.29 is 23.5 Å². The van der Waals surface area contributed by atoms with E-state index in [2.05, 4.69) is 0 Å². The zero-order valence-electron chi connectivity index (χ0n) is 13.4. The predicted octanol–water partition coefficient (Wildman–Crippen LogP) is 4.74. The van der Waals surface area contributed by atoms with Crippen molar-refractivity contribution in [2.45, 2.75) is 11.8 Å². The molecule has 128 valence electrons. The lowest BCUT2D eigenvalue weighted by Crippen LogP contribution is -2.03. The minimum absolute atomic E-state index is 0.164. The van der Waals surface area contributed by atoms with Gasteiger partial charge < -0.3 is 14.2 Å². The smallest absolute Gasteiger partial charge is 0.434 e. The van der Waals surface area contributed by atoms with Crippen molar-refractivity contribution in [3.05, 3.63) is 53.6 Å². The Hall–Kier alpha value is -1.53. The maximum Gasteiger partial charge on any atom is 0.434 e. The van der Waals surface area contributed by atoms with Crippen LogP contribution >= 0.6 is 18.5 Å². The number of carboxylic acids is 1. The first-order valence-electron chi connectivity index (χ1n) is 6.90. The van der Waals surface area contributed by atoms with E-state index in [1.807, 2.05) is 31.4 Å². The fourth-order valence-corrected chi connectivity index (χ4v) is 3.96. The average Bonchev–Trinajstić information content (AvgIpc) is 2.55. The van der Waals surface area contributed by atoms with E-state index in [1.165, 1.54) is 31.4 Å². The van der Waals surface area contributed by atoms with Crippen molar-refractivity contribution in [1.82, 2.24) is 0 Å². The Kier molecular flexibility index (Phi) is 6.29. The molecule has 8 heteroatoms. The van der Waals surface area contributed by atoms with Crippen molar-refractivity contribution in [3.63, 3.8) is 0 Å². The zero-order chi connectivity index (χ0) is 17.7. The first-order chi connectivity index (χ1) is 11.4. The van der Waals surface area contributed by atoms with Gasteiger partial charge in [0.25, 0.3) is 0 Å². The second-order valence-electron chi connectivity index (χ2n) is 4.77. The number of hydrogen-bond acceptors (Lipinski definition) is 6. The molecule has 0 heterocycles. The summed E-state index contributed by atoms with van der Waals surface area (Å²) < 4.78 is 16.7. The summed E-state index contributed by atoms with van der Waals surface area (Å²) in [5.74, 6) is -0.0476. The highest BCUT2D eigenvalue weighted by molar-refractivity contribution is 8.07. The minimum atomic E-state index is -3.05. The second-order valence-corrected chi connectivity index (χ2v) is 8.59. The molecule has 0 amide bonds. The summed E-state index contributed by atoms with van der Waals surface area (Å²) in [6.45, 7) is -1.06. The summed E-state index contributed by atoms with van der Waals surface area (Å²) >= 11 is 7.03. The van der Waals surface area contributed by atoms with Gasteiger partial charge in [-0.25, -0.2) is 4.79 Å². The molecule has 0 aliphatic rings. The summed E-state index contributed by atoms with van der Waals surface area (Å²) in [5, 5.41) is 8.91. The van der Waals surface area contributed by atoms with E-state index >= 15 is 0 Å². The molecular weight excluding hydrogens is 367 g/mol. The van der Waals surface area contributed by atoms with Gasteiger partial charge in [-0.15, -0.1) is 11.8 Å². The monoisotopic (exact) mass is 384 g/mol. The Bertz CT molecular complexity index is 777. The average molecular weight is 384 g/mol. The fourth-order valence-electron chi connectivity index (χ4n) is 1.92. The van der Waals surface area contributed by atoms with E-state index < -0.39 is 12.7 Å². The first-order valence-corrected chi connectivity index (χ1v) is 10.7. The SMILES string of the molecule is COP(=S)(Oc1ccc(C(=O)O)cc1)Oc1ccc(SC)c(C)c1. The normalized spacial score (nSPS) is 13.1. The van der Waals surface area contributed by atoms with Crippen molar-refractivity contribution in [1.29, 1.82) is 0 Å². The molecule has 2 aromatic carbocycles. The molecule has 0 bridgehead atoms. The molecule has 5 nitrogen and oxygen atoms in total. The third kappa shape index (κ3) is 4.74. The lowest BCUT2D eigenvalue weighted by Gasteiger charge is -2.21. The van der Waals surface area contributed by atoms with Gasteiger partial charge in [0.15, 0.2) is 0 Å². The molecule has 0 saturated heterocycles. The number of thioether (sulfide) groups is 1. The third-order valence-corrected chi connectivity index (χ3v) is 6.23. The standard InChI is InChI=1S/C16H17O5PS2/c1-11-10-14(8-9-15(11)24-3)21-22(23,19-2)20-13-6-4-12(5-7-13)16(17)18/h4-10H,1-3H3,(H,17,18). The summed E-state index contributed by atoms with van der Waals surface area (Å²) in [6, 6.07) is 11.6. The molecule has 1 atom stereocenters. The third-order valence-electron chi connectivity index (χ3n) is 3.13. The van der Waals surface area contributed by atoms with Crippen LogP contribution in [0.1, 0.15) is 15.9 Å². The van der Waals surface area contributed by atoms with Gasteiger partial charge in [-0.1, -0.05) is 0 Å². The van der Waals surface area contributed by atoms with Crippen LogP contribution in [0.3, 0.4) is 0 Å². The predicted molar refractivity (Wildman–Crippen MR) is 98.9 cm³/mol. The maximum absolute atomic E-state index is 10.9. The van der Waals surface area contributed by atoms with E-state index in [0.29, 0.717) is 11.5 Å². The van der Waals surface area contributed by atoms with Crippen LogP contribution in [-0.4, -0.2) is 24.4 Å². The Morgan fingerprint density at radius 3 is 2.21 bits per heavy atom. The highest BCUT2D eigenvalue weighted by atomic mass is 32.5. The zero-order valence-corrected chi connectivity index (χ0v) is 15.9. The van der Waals surface area contributed by atoms with Crippen LogP contribution in [0, 0.1) is 6.92 Å². The van der Waals surface area contributed by atoms with Crippen LogP contribution in [0.5, 0.6) is 11.5 Å². The molecule has 2 aromatic rings. The molecule has 0 fully saturated rings. The minimum Gasteiger partial charge on any atom is -0.478 e. The molecule has 1 N–H and O–H groups in total. The van der Waals surface area contributed by atoms with Crippen LogP contribution in [0.25, 0.3) is 0 Å². The summed E-state index contributed by atoms with van der Waals surface area (Å²) in [6.07, 6.45) is 2.01. The molecule has 24 heavy (non-hydrogen) atoms. The Morgan fingerprint density at radius 1 is 1.12 bits per heavy atom. The van der Waals surface area contributed by atoms with Gasteiger partial charge in [0, 0.05) is 23.8 Å². The van der Waals surface area contributed by atoms with Crippen molar-refractivity contribution >= 4 is 36.3 Å². The molecule has 2 rings (SSSR count). The van der Waals surface area contributed by atoms with Gasteiger partial charge in [-0.3, -0.25) is 4.52 Å². The molecule has 0 aliphatic heterocycles. The lowest BCUT2D eigenvalue weighted by atomic mass is 10.2. The molecule has 1 unspecified atom stereocenters. The summed E-state index contributed by atoms with van der Waals surface area (Å²) in [7, 11) is 1.43. The van der Waals surface area contributed by atoms with Crippen LogP contribution in [0.15, 0.2) is 47.4 Å². The number of benzene rings is 2. The van der Waals surface area contributed by atoms with Gasteiger partial charge in [0.1, 0.15) is 11.5 Å². The first kappa shape index (κ1) is 18.8. The van der Waals surface area contributed by atoms with Gasteiger partial charge in [0.2, 0.25) is 0 Å². The molecule has 0 aliphatic carbocycles. The van der Waals surface area contributed by atoms with Gasteiger partial charge >= 0.3 is 12.7 Å².